The Balaban J connectivity index is 2.30. The van der Waals surface area contributed by atoms with Gasteiger partial charge in [0.15, 0.2) is 0 Å². The molecule has 0 spiro atoms. The fourth-order valence-corrected chi connectivity index (χ4v) is 3.55. The van der Waals surface area contributed by atoms with Crippen LogP contribution in [0, 0.1) is 5.92 Å². The second-order valence-electron chi connectivity index (χ2n) is 5.09. The van der Waals surface area contributed by atoms with E-state index in [1.54, 1.807) is 6.07 Å². The van der Waals surface area contributed by atoms with E-state index in [9.17, 15) is 0 Å². The van der Waals surface area contributed by atoms with E-state index < -0.39 is 0 Å². The van der Waals surface area contributed by atoms with Crippen LogP contribution >= 0.6 is 23.2 Å². The van der Waals surface area contributed by atoms with Crippen LogP contribution in [0.25, 0.3) is 0 Å². The third kappa shape index (κ3) is 3.18. The summed E-state index contributed by atoms with van der Waals surface area (Å²) in [5, 5.41) is 4.74. The van der Waals surface area contributed by atoms with E-state index in [0.717, 1.165) is 23.1 Å². The highest BCUT2D eigenvalue weighted by atomic mass is 35.5. The Labute approximate surface area is 119 Å². The highest BCUT2D eigenvalue weighted by Crippen LogP contribution is 2.36. The van der Waals surface area contributed by atoms with E-state index in [2.05, 4.69) is 17.3 Å². The van der Waals surface area contributed by atoms with Crippen molar-refractivity contribution in [2.24, 2.45) is 5.92 Å². The van der Waals surface area contributed by atoms with Crippen LogP contribution in [0.4, 0.5) is 0 Å². The summed E-state index contributed by atoms with van der Waals surface area (Å²) < 4.78 is 0. The summed E-state index contributed by atoms with van der Waals surface area (Å²) in [5.74, 6) is 0.614. The Morgan fingerprint density at radius 1 is 1.28 bits per heavy atom. The summed E-state index contributed by atoms with van der Waals surface area (Å²) in [6, 6.07) is 6.29. The van der Waals surface area contributed by atoms with Crippen molar-refractivity contribution in [2.75, 3.05) is 27.2 Å². The molecule has 1 aliphatic heterocycles. The molecule has 0 aromatic heterocycles. The van der Waals surface area contributed by atoms with Crippen LogP contribution in [0.5, 0.6) is 0 Å². The molecule has 1 aromatic rings. The number of likely N-dealkylation sites (tertiary alicyclic amines) is 1. The Hall–Kier alpha value is -0.280. The van der Waals surface area contributed by atoms with Gasteiger partial charge in [0.2, 0.25) is 0 Å². The molecule has 2 atom stereocenters. The maximum atomic E-state index is 6.12. The number of benzene rings is 1. The molecular formula is C14H20Cl2N2. The van der Waals surface area contributed by atoms with Crippen molar-refractivity contribution in [3.8, 4) is 0 Å². The topological polar surface area (TPSA) is 15.3 Å². The molecule has 1 heterocycles. The molecule has 18 heavy (non-hydrogen) atoms. The van der Waals surface area contributed by atoms with Gasteiger partial charge in [0.1, 0.15) is 0 Å². The van der Waals surface area contributed by atoms with E-state index in [1.807, 2.05) is 19.2 Å². The Bertz CT molecular complexity index is 387. The predicted octanol–water partition coefficient (Wildman–Crippen LogP) is 3.60. The van der Waals surface area contributed by atoms with Crippen LogP contribution in [0.3, 0.4) is 0 Å². The molecule has 1 aromatic carbocycles. The van der Waals surface area contributed by atoms with Crippen molar-refractivity contribution in [2.45, 2.75) is 18.9 Å². The van der Waals surface area contributed by atoms with Gasteiger partial charge in [-0.15, -0.1) is 0 Å². The van der Waals surface area contributed by atoms with E-state index >= 15 is 0 Å². The van der Waals surface area contributed by atoms with Crippen molar-refractivity contribution in [1.82, 2.24) is 10.2 Å². The molecule has 2 rings (SSSR count). The molecule has 1 aliphatic rings. The van der Waals surface area contributed by atoms with Crippen LogP contribution in [0.15, 0.2) is 18.2 Å². The van der Waals surface area contributed by atoms with E-state index in [1.165, 1.54) is 18.4 Å². The molecule has 2 unspecified atom stereocenters. The second-order valence-corrected chi connectivity index (χ2v) is 5.96. The molecule has 0 amide bonds. The summed E-state index contributed by atoms with van der Waals surface area (Å²) in [6.45, 7) is 2.16. The molecule has 1 saturated heterocycles. The lowest BCUT2D eigenvalue weighted by atomic mass is 9.85. The van der Waals surface area contributed by atoms with Gasteiger partial charge in [0, 0.05) is 16.1 Å². The first kappa shape index (κ1) is 14.1. The van der Waals surface area contributed by atoms with Crippen LogP contribution in [-0.4, -0.2) is 32.1 Å². The molecule has 2 nitrogen and oxygen atoms in total. The van der Waals surface area contributed by atoms with Gasteiger partial charge >= 0.3 is 0 Å². The van der Waals surface area contributed by atoms with Crippen molar-refractivity contribution in [3.05, 3.63) is 33.8 Å². The number of piperidine rings is 1. The lowest BCUT2D eigenvalue weighted by Crippen LogP contribution is -2.39. The monoisotopic (exact) mass is 286 g/mol. The fraction of sp³-hybridized carbons (Fsp3) is 0.571. The molecule has 0 radical (unpaired) electrons. The first-order valence-electron chi connectivity index (χ1n) is 6.42. The van der Waals surface area contributed by atoms with Crippen molar-refractivity contribution in [3.63, 3.8) is 0 Å². The molecule has 0 aliphatic carbocycles. The number of nitrogens with one attached hydrogen (secondary N) is 1. The second kappa shape index (κ2) is 6.25. The van der Waals surface area contributed by atoms with E-state index in [4.69, 9.17) is 23.2 Å². The van der Waals surface area contributed by atoms with Crippen molar-refractivity contribution in [1.29, 1.82) is 0 Å². The fourth-order valence-electron chi connectivity index (χ4n) is 3.01. The first-order chi connectivity index (χ1) is 8.61. The van der Waals surface area contributed by atoms with Gasteiger partial charge in [-0.25, -0.2) is 0 Å². The quantitative estimate of drug-likeness (QED) is 0.914. The number of halogens is 2. The van der Waals surface area contributed by atoms with Crippen LogP contribution in [-0.2, 0) is 0 Å². The zero-order valence-electron chi connectivity index (χ0n) is 10.9. The predicted molar refractivity (Wildman–Crippen MR) is 78.5 cm³/mol. The maximum Gasteiger partial charge on any atom is 0.0424 e. The standard InChI is InChI=1S/C14H20Cl2N2/c1-17-9-10-4-3-5-18(2)14(10)11-6-12(15)8-13(16)7-11/h6-8,10,14,17H,3-5,9H2,1-2H3. The van der Waals surface area contributed by atoms with Gasteiger partial charge in [-0.1, -0.05) is 23.2 Å². The molecule has 1 fully saturated rings. The summed E-state index contributed by atoms with van der Waals surface area (Å²) >= 11 is 12.2. The summed E-state index contributed by atoms with van der Waals surface area (Å²) in [5.41, 5.74) is 1.23. The van der Waals surface area contributed by atoms with Gasteiger partial charge in [0.25, 0.3) is 0 Å². The summed E-state index contributed by atoms with van der Waals surface area (Å²) in [4.78, 5) is 2.41. The zero-order valence-corrected chi connectivity index (χ0v) is 12.4. The lowest BCUT2D eigenvalue weighted by Gasteiger charge is -2.39. The minimum Gasteiger partial charge on any atom is -0.319 e. The van der Waals surface area contributed by atoms with Gasteiger partial charge < -0.3 is 5.32 Å². The van der Waals surface area contributed by atoms with E-state index in [-0.39, 0.29) is 0 Å². The van der Waals surface area contributed by atoms with Crippen molar-refractivity contribution >= 4 is 23.2 Å². The molecule has 100 valence electrons. The van der Waals surface area contributed by atoms with Gasteiger partial charge in [-0.05, 0) is 69.7 Å². The number of hydrogen-bond acceptors (Lipinski definition) is 2. The van der Waals surface area contributed by atoms with Crippen LogP contribution in [0.1, 0.15) is 24.4 Å². The first-order valence-corrected chi connectivity index (χ1v) is 7.18. The Kier molecular flexibility index (Phi) is 4.91. The zero-order chi connectivity index (χ0) is 13.1. The van der Waals surface area contributed by atoms with Crippen molar-refractivity contribution < 1.29 is 0 Å². The highest BCUT2D eigenvalue weighted by molar-refractivity contribution is 6.34. The van der Waals surface area contributed by atoms with Gasteiger partial charge in [-0.2, -0.15) is 0 Å². The maximum absolute atomic E-state index is 6.12. The number of rotatable bonds is 3. The SMILES string of the molecule is CNCC1CCCN(C)C1c1cc(Cl)cc(Cl)c1. The van der Waals surface area contributed by atoms with Crippen LogP contribution < -0.4 is 5.32 Å². The third-order valence-corrected chi connectivity index (χ3v) is 4.14. The smallest absolute Gasteiger partial charge is 0.0424 e. The molecular weight excluding hydrogens is 267 g/mol. The largest absolute Gasteiger partial charge is 0.319 e. The minimum atomic E-state index is 0.405. The highest BCUT2D eigenvalue weighted by Gasteiger charge is 2.30. The van der Waals surface area contributed by atoms with Crippen LogP contribution in [0.2, 0.25) is 10.0 Å². The number of nitrogens with zero attached hydrogens (tertiary/aromatic N) is 1. The number of hydrogen-bond donors (Lipinski definition) is 1. The molecule has 0 bridgehead atoms. The minimum absolute atomic E-state index is 0.405. The molecule has 4 heteroatoms. The average Bonchev–Trinajstić information content (AvgIpc) is 2.28. The Morgan fingerprint density at radius 2 is 1.94 bits per heavy atom. The average molecular weight is 287 g/mol. The van der Waals surface area contributed by atoms with E-state index in [0.29, 0.717) is 12.0 Å². The molecule has 1 N–H and O–H groups in total. The normalized spacial score (nSPS) is 25.3. The third-order valence-electron chi connectivity index (χ3n) is 3.70. The van der Waals surface area contributed by atoms with Gasteiger partial charge in [-0.3, -0.25) is 4.90 Å². The Morgan fingerprint density at radius 3 is 2.56 bits per heavy atom. The van der Waals surface area contributed by atoms with Gasteiger partial charge in [0.05, 0.1) is 0 Å². The molecule has 0 saturated carbocycles. The lowest BCUT2D eigenvalue weighted by molar-refractivity contribution is 0.121. The summed E-state index contributed by atoms with van der Waals surface area (Å²) in [7, 11) is 4.19. The summed E-state index contributed by atoms with van der Waals surface area (Å²) in [6.07, 6.45) is 2.51.